The third-order valence-electron chi connectivity index (χ3n) is 3.17. The second kappa shape index (κ2) is 5.19. The summed E-state index contributed by atoms with van der Waals surface area (Å²) < 4.78 is 26.8. The summed E-state index contributed by atoms with van der Waals surface area (Å²) in [5.74, 6) is -1.32. The van der Waals surface area contributed by atoms with Crippen LogP contribution < -0.4 is 0 Å². The van der Waals surface area contributed by atoms with Crippen LogP contribution in [-0.2, 0) is 11.8 Å². The highest BCUT2D eigenvalue weighted by Gasteiger charge is 2.30. The average Bonchev–Trinajstić information content (AvgIpc) is 2.39. The number of nitriles is 1. The minimum atomic E-state index is -1.01. The molecule has 0 aliphatic rings. The molecule has 2 rings (SSSR count). The molecule has 0 spiro atoms. The minimum Gasteiger partial charge on any atom is -0.207 e. The predicted molar refractivity (Wildman–Crippen MR) is 69.5 cm³/mol. The van der Waals surface area contributed by atoms with Crippen molar-refractivity contribution in [2.45, 2.75) is 18.8 Å². The van der Waals surface area contributed by atoms with Crippen LogP contribution in [0.4, 0.5) is 8.78 Å². The third-order valence-corrected chi connectivity index (χ3v) is 3.17. The first-order valence-electron chi connectivity index (χ1n) is 5.96. The van der Waals surface area contributed by atoms with Crippen molar-refractivity contribution >= 4 is 0 Å². The van der Waals surface area contributed by atoms with Crippen LogP contribution in [0.1, 0.15) is 18.1 Å². The summed E-state index contributed by atoms with van der Waals surface area (Å²) in [6.45, 7) is 1.66. The van der Waals surface area contributed by atoms with Gasteiger partial charge in [0.1, 0.15) is 11.6 Å². The van der Waals surface area contributed by atoms with Crippen LogP contribution in [-0.4, -0.2) is 0 Å². The lowest BCUT2D eigenvalue weighted by Gasteiger charge is -2.22. The highest BCUT2D eigenvalue weighted by Crippen LogP contribution is 2.30. The second-order valence-corrected chi connectivity index (χ2v) is 4.73. The van der Waals surface area contributed by atoms with E-state index in [1.54, 1.807) is 6.92 Å². The van der Waals surface area contributed by atoms with Crippen LogP contribution in [0, 0.1) is 23.0 Å². The predicted octanol–water partition coefficient (Wildman–Crippen LogP) is 3.99. The van der Waals surface area contributed by atoms with Gasteiger partial charge in [-0.15, -0.1) is 0 Å². The van der Waals surface area contributed by atoms with Crippen molar-refractivity contribution in [2.24, 2.45) is 0 Å². The highest BCUT2D eigenvalue weighted by atomic mass is 19.1. The van der Waals surface area contributed by atoms with Gasteiger partial charge in [-0.1, -0.05) is 36.4 Å². The number of halogens is 2. The Bertz CT molecular complexity index is 616. The standard InChI is InChI=1S/C16H13F2N/c1-16(11-19,10-12-5-3-2-4-6-12)14-8-7-13(17)9-15(14)18/h2-9H,10H2,1H3. The highest BCUT2D eigenvalue weighted by molar-refractivity contribution is 5.36. The van der Waals surface area contributed by atoms with Gasteiger partial charge in [-0.3, -0.25) is 0 Å². The maximum atomic E-state index is 13.8. The molecule has 0 heterocycles. The Hall–Kier alpha value is -2.21. The summed E-state index contributed by atoms with van der Waals surface area (Å²) in [6.07, 6.45) is 0.382. The van der Waals surface area contributed by atoms with Crippen LogP contribution in [0.3, 0.4) is 0 Å². The molecule has 1 unspecified atom stereocenters. The lowest BCUT2D eigenvalue weighted by molar-refractivity contribution is 0.521. The van der Waals surface area contributed by atoms with E-state index in [1.807, 2.05) is 30.3 Å². The van der Waals surface area contributed by atoms with Gasteiger partial charge in [-0.05, 0) is 25.0 Å². The van der Waals surface area contributed by atoms with Crippen LogP contribution in [0.5, 0.6) is 0 Å². The maximum Gasteiger partial charge on any atom is 0.130 e. The molecule has 0 aromatic heterocycles. The maximum absolute atomic E-state index is 13.8. The molecule has 0 N–H and O–H groups in total. The van der Waals surface area contributed by atoms with Gasteiger partial charge in [0.05, 0.1) is 11.5 Å². The third kappa shape index (κ3) is 2.79. The molecule has 96 valence electrons. The van der Waals surface area contributed by atoms with E-state index in [9.17, 15) is 14.0 Å². The molecular formula is C16H13F2N. The smallest absolute Gasteiger partial charge is 0.130 e. The average molecular weight is 257 g/mol. The van der Waals surface area contributed by atoms with E-state index in [0.717, 1.165) is 11.6 Å². The first kappa shape index (κ1) is 13.2. The fraction of sp³-hybridized carbons (Fsp3) is 0.188. The summed E-state index contributed by atoms with van der Waals surface area (Å²) in [4.78, 5) is 0. The van der Waals surface area contributed by atoms with Crippen molar-refractivity contribution in [3.63, 3.8) is 0 Å². The fourth-order valence-electron chi connectivity index (χ4n) is 2.14. The van der Waals surface area contributed by atoms with Crippen molar-refractivity contribution in [3.05, 3.63) is 71.3 Å². The lowest BCUT2D eigenvalue weighted by Crippen LogP contribution is -2.24. The lowest BCUT2D eigenvalue weighted by atomic mass is 9.78. The zero-order chi connectivity index (χ0) is 13.9. The Morgan fingerprint density at radius 2 is 1.79 bits per heavy atom. The number of hydrogen-bond donors (Lipinski definition) is 0. The summed E-state index contributed by atoms with van der Waals surface area (Å²) in [7, 11) is 0. The number of nitrogens with zero attached hydrogens (tertiary/aromatic N) is 1. The van der Waals surface area contributed by atoms with Crippen LogP contribution in [0.15, 0.2) is 48.5 Å². The molecule has 2 aromatic rings. The molecular weight excluding hydrogens is 244 g/mol. The first-order chi connectivity index (χ1) is 9.05. The fourth-order valence-corrected chi connectivity index (χ4v) is 2.14. The zero-order valence-electron chi connectivity index (χ0n) is 10.5. The van der Waals surface area contributed by atoms with Crippen molar-refractivity contribution in [3.8, 4) is 6.07 Å². The van der Waals surface area contributed by atoms with Crippen LogP contribution in [0.2, 0.25) is 0 Å². The molecule has 0 amide bonds. The van der Waals surface area contributed by atoms with E-state index in [4.69, 9.17) is 0 Å². The van der Waals surface area contributed by atoms with Gasteiger partial charge in [0.2, 0.25) is 0 Å². The normalized spacial score (nSPS) is 13.6. The van der Waals surface area contributed by atoms with E-state index in [2.05, 4.69) is 6.07 Å². The molecule has 0 bridgehead atoms. The zero-order valence-corrected chi connectivity index (χ0v) is 10.5. The van der Waals surface area contributed by atoms with Crippen molar-refractivity contribution in [1.29, 1.82) is 5.26 Å². The second-order valence-electron chi connectivity index (χ2n) is 4.73. The topological polar surface area (TPSA) is 23.8 Å². The Morgan fingerprint density at radius 3 is 2.37 bits per heavy atom. The molecule has 0 radical (unpaired) electrons. The molecule has 0 saturated carbocycles. The molecule has 0 aliphatic carbocycles. The Balaban J connectivity index is 2.40. The number of hydrogen-bond acceptors (Lipinski definition) is 1. The summed E-state index contributed by atoms with van der Waals surface area (Å²) in [5.41, 5.74) is 0.148. The molecule has 0 aliphatic heterocycles. The van der Waals surface area contributed by atoms with Gasteiger partial charge in [0, 0.05) is 11.6 Å². The van der Waals surface area contributed by atoms with Crippen LogP contribution in [0.25, 0.3) is 0 Å². The van der Waals surface area contributed by atoms with Gasteiger partial charge < -0.3 is 0 Å². The molecule has 19 heavy (non-hydrogen) atoms. The quantitative estimate of drug-likeness (QED) is 0.815. The first-order valence-corrected chi connectivity index (χ1v) is 5.96. The Labute approximate surface area is 111 Å². The monoisotopic (exact) mass is 257 g/mol. The van der Waals surface area contributed by atoms with Crippen molar-refractivity contribution in [1.82, 2.24) is 0 Å². The number of rotatable bonds is 3. The minimum absolute atomic E-state index is 0.222. The van der Waals surface area contributed by atoms with E-state index < -0.39 is 17.0 Å². The van der Waals surface area contributed by atoms with E-state index in [0.29, 0.717) is 6.42 Å². The molecule has 3 heteroatoms. The van der Waals surface area contributed by atoms with Crippen LogP contribution >= 0.6 is 0 Å². The Kier molecular flexibility index (Phi) is 3.62. The van der Waals surface area contributed by atoms with Crippen molar-refractivity contribution in [2.75, 3.05) is 0 Å². The van der Waals surface area contributed by atoms with Gasteiger partial charge in [-0.2, -0.15) is 5.26 Å². The van der Waals surface area contributed by atoms with Gasteiger partial charge >= 0.3 is 0 Å². The Morgan fingerprint density at radius 1 is 1.11 bits per heavy atom. The molecule has 0 saturated heterocycles. The number of benzene rings is 2. The SMILES string of the molecule is CC(C#N)(Cc1ccccc1)c1ccc(F)cc1F. The molecule has 1 nitrogen and oxygen atoms in total. The van der Waals surface area contributed by atoms with E-state index in [1.165, 1.54) is 12.1 Å². The van der Waals surface area contributed by atoms with Gasteiger partial charge in [0.25, 0.3) is 0 Å². The summed E-state index contributed by atoms with van der Waals surface area (Å²) in [5, 5.41) is 9.38. The van der Waals surface area contributed by atoms with E-state index in [-0.39, 0.29) is 5.56 Å². The summed E-state index contributed by atoms with van der Waals surface area (Å²) >= 11 is 0. The van der Waals surface area contributed by atoms with Gasteiger partial charge in [0.15, 0.2) is 0 Å². The van der Waals surface area contributed by atoms with E-state index >= 15 is 0 Å². The molecule has 2 aromatic carbocycles. The molecule has 0 fully saturated rings. The summed E-state index contributed by atoms with van der Waals surface area (Å²) in [6, 6.07) is 14.9. The van der Waals surface area contributed by atoms with Crippen molar-refractivity contribution < 1.29 is 8.78 Å². The van der Waals surface area contributed by atoms with Gasteiger partial charge in [-0.25, -0.2) is 8.78 Å². The molecule has 1 atom stereocenters. The largest absolute Gasteiger partial charge is 0.207 e.